The average Bonchev–Trinajstić information content (AvgIpc) is 2.39. The Morgan fingerprint density at radius 3 is 2.65 bits per heavy atom. The number of aliphatic hydroxyl groups is 1. The number of hydrogen-bond acceptors (Lipinski definition) is 4. The Morgan fingerprint density at radius 1 is 1.35 bits per heavy atom. The summed E-state index contributed by atoms with van der Waals surface area (Å²) in [6.45, 7) is 6.65. The Morgan fingerprint density at radius 2 is 2.06 bits per heavy atom. The second-order valence-corrected chi connectivity index (χ2v) is 5.10. The van der Waals surface area contributed by atoms with E-state index in [0.717, 1.165) is 30.7 Å². The van der Waals surface area contributed by atoms with Crippen molar-refractivity contribution in [3.8, 4) is 0 Å². The molecule has 0 saturated carbocycles. The molecule has 0 amide bonds. The summed E-state index contributed by atoms with van der Waals surface area (Å²) in [7, 11) is 0. The first-order chi connectivity index (χ1) is 8.20. The number of aliphatic hydroxyl groups excluding tert-OH is 1. The molecule has 2 rings (SSSR count). The van der Waals surface area contributed by atoms with E-state index in [9.17, 15) is 0 Å². The van der Waals surface area contributed by atoms with E-state index in [0.29, 0.717) is 5.69 Å². The molecule has 0 bridgehead atoms. The maximum absolute atomic E-state index is 9.05. The summed E-state index contributed by atoms with van der Waals surface area (Å²) in [4.78, 5) is 10.8. The van der Waals surface area contributed by atoms with E-state index in [-0.39, 0.29) is 6.61 Å². The first kappa shape index (κ1) is 12.3. The van der Waals surface area contributed by atoms with E-state index in [1.54, 1.807) is 12.4 Å². The van der Waals surface area contributed by atoms with Crippen molar-refractivity contribution in [2.45, 2.75) is 33.3 Å². The molecule has 1 fully saturated rings. The number of rotatable bonds is 3. The minimum absolute atomic E-state index is 0.0384. The minimum atomic E-state index is -0.0384. The van der Waals surface area contributed by atoms with Crippen LogP contribution in [0.3, 0.4) is 0 Å². The van der Waals surface area contributed by atoms with E-state index in [1.165, 1.54) is 12.8 Å². The third-order valence-corrected chi connectivity index (χ3v) is 3.64. The van der Waals surface area contributed by atoms with Crippen LogP contribution in [0.15, 0.2) is 12.4 Å². The molecule has 0 spiro atoms. The van der Waals surface area contributed by atoms with Crippen molar-refractivity contribution in [1.82, 2.24) is 9.97 Å². The molecule has 4 heteroatoms. The van der Waals surface area contributed by atoms with Crippen LogP contribution >= 0.6 is 0 Å². The molecule has 4 nitrogen and oxygen atoms in total. The fourth-order valence-corrected chi connectivity index (χ4v) is 2.42. The maximum Gasteiger partial charge on any atom is 0.147 e. The Balaban J connectivity index is 2.00. The number of nitrogens with zero attached hydrogens (tertiary/aromatic N) is 3. The van der Waals surface area contributed by atoms with Gasteiger partial charge in [0, 0.05) is 13.1 Å². The van der Waals surface area contributed by atoms with Gasteiger partial charge in [-0.3, -0.25) is 4.98 Å². The molecule has 0 unspecified atom stereocenters. The summed E-state index contributed by atoms with van der Waals surface area (Å²) in [5.41, 5.74) is 0.647. The van der Waals surface area contributed by atoms with Crippen molar-refractivity contribution >= 4 is 5.82 Å². The van der Waals surface area contributed by atoms with Crippen molar-refractivity contribution in [3.63, 3.8) is 0 Å². The van der Waals surface area contributed by atoms with Gasteiger partial charge in [0.25, 0.3) is 0 Å². The van der Waals surface area contributed by atoms with Gasteiger partial charge in [0.15, 0.2) is 0 Å². The Labute approximate surface area is 103 Å². The van der Waals surface area contributed by atoms with Gasteiger partial charge in [0.2, 0.25) is 0 Å². The lowest BCUT2D eigenvalue weighted by molar-refractivity contribution is 0.276. The van der Waals surface area contributed by atoms with Gasteiger partial charge in [-0.15, -0.1) is 0 Å². The van der Waals surface area contributed by atoms with Crippen LogP contribution < -0.4 is 4.90 Å². The molecule has 0 radical (unpaired) electrons. The minimum Gasteiger partial charge on any atom is -0.390 e. The van der Waals surface area contributed by atoms with Crippen LogP contribution in [0.2, 0.25) is 0 Å². The molecule has 94 valence electrons. The Bertz CT molecular complexity index is 359. The molecule has 1 saturated heterocycles. The highest BCUT2D eigenvalue weighted by Crippen LogP contribution is 2.26. The van der Waals surface area contributed by atoms with Gasteiger partial charge in [-0.05, 0) is 24.7 Å². The summed E-state index contributed by atoms with van der Waals surface area (Å²) < 4.78 is 0. The molecule has 1 N–H and O–H groups in total. The highest BCUT2D eigenvalue weighted by Gasteiger charge is 2.22. The Kier molecular flexibility index (Phi) is 3.94. The van der Waals surface area contributed by atoms with E-state index < -0.39 is 0 Å². The fraction of sp³-hybridized carbons (Fsp3) is 0.692. The van der Waals surface area contributed by atoms with E-state index in [1.807, 2.05) is 0 Å². The zero-order valence-corrected chi connectivity index (χ0v) is 10.6. The number of aromatic nitrogens is 2. The predicted molar refractivity (Wildman–Crippen MR) is 67.7 cm³/mol. The van der Waals surface area contributed by atoms with Gasteiger partial charge in [-0.2, -0.15) is 0 Å². The average molecular weight is 235 g/mol. The van der Waals surface area contributed by atoms with Crippen LogP contribution in [0.25, 0.3) is 0 Å². The predicted octanol–water partition coefficient (Wildman–Crippen LogP) is 1.84. The number of anilines is 1. The van der Waals surface area contributed by atoms with Gasteiger partial charge >= 0.3 is 0 Å². The summed E-state index contributed by atoms with van der Waals surface area (Å²) in [6.07, 6.45) is 5.85. The number of hydrogen-bond donors (Lipinski definition) is 1. The molecular formula is C13H21N3O. The molecule has 17 heavy (non-hydrogen) atoms. The first-order valence-electron chi connectivity index (χ1n) is 6.37. The van der Waals surface area contributed by atoms with Crippen molar-refractivity contribution < 1.29 is 5.11 Å². The molecular weight excluding hydrogens is 214 g/mol. The fourth-order valence-electron chi connectivity index (χ4n) is 2.42. The normalized spacial score (nSPS) is 17.8. The van der Waals surface area contributed by atoms with Gasteiger partial charge in [-0.1, -0.05) is 13.8 Å². The first-order valence-corrected chi connectivity index (χ1v) is 6.37. The quantitative estimate of drug-likeness (QED) is 0.868. The maximum atomic E-state index is 9.05. The topological polar surface area (TPSA) is 49.2 Å². The van der Waals surface area contributed by atoms with Crippen molar-refractivity contribution in [1.29, 1.82) is 0 Å². The van der Waals surface area contributed by atoms with E-state index in [4.69, 9.17) is 5.11 Å². The second-order valence-electron chi connectivity index (χ2n) is 5.10. The van der Waals surface area contributed by atoms with Crippen LogP contribution in [0.1, 0.15) is 32.4 Å². The van der Waals surface area contributed by atoms with E-state index >= 15 is 0 Å². The molecule has 1 aromatic heterocycles. The zero-order chi connectivity index (χ0) is 12.3. The monoisotopic (exact) mass is 235 g/mol. The van der Waals surface area contributed by atoms with Crippen LogP contribution in [0.5, 0.6) is 0 Å². The van der Waals surface area contributed by atoms with Gasteiger partial charge < -0.3 is 10.0 Å². The zero-order valence-electron chi connectivity index (χ0n) is 10.6. The second kappa shape index (κ2) is 5.45. The summed E-state index contributed by atoms with van der Waals surface area (Å²) >= 11 is 0. The van der Waals surface area contributed by atoms with Crippen molar-refractivity contribution in [2.24, 2.45) is 11.8 Å². The standard InChI is InChI=1S/C13H21N3O/c1-10(2)11-3-5-16(6-4-11)13-8-14-7-12(9-17)15-13/h7-8,10-11,17H,3-6,9H2,1-2H3. The highest BCUT2D eigenvalue weighted by molar-refractivity contribution is 5.36. The third kappa shape index (κ3) is 2.94. The Hall–Kier alpha value is -1.16. The molecule has 1 aliphatic rings. The highest BCUT2D eigenvalue weighted by atomic mass is 16.3. The van der Waals surface area contributed by atoms with E-state index in [2.05, 4.69) is 28.7 Å². The molecule has 2 heterocycles. The van der Waals surface area contributed by atoms with Crippen molar-refractivity contribution in [2.75, 3.05) is 18.0 Å². The largest absolute Gasteiger partial charge is 0.390 e. The smallest absolute Gasteiger partial charge is 0.147 e. The van der Waals surface area contributed by atoms with Gasteiger partial charge in [0.1, 0.15) is 5.82 Å². The van der Waals surface area contributed by atoms with Crippen LogP contribution in [0.4, 0.5) is 5.82 Å². The summed E-state index contributed by atoms with van der Waals surface area (Å²) in [5.74, 6) is 2.51. The molecule has 0 aliphatic carbocycles. The SMILES string of the molecule is CC(C)C1CCN(c2cncc(CO)n2)CC1. The van der Waals surface area contributed by atoms with Crippen molar-refractivity contribution in [3.05, 3.63) is 18.1 Å². The lowest BCUT2D eigenvalue weighted by Gasteiger charge is -2.34. The summed E-state index contributed by atoms with van der Waals surface area (Å²) in [5, 5.41) is 9.05. The molecule has 1 aliphatic heterocycles. The van der Waals surface area contributed by atoms with Crippen LogP contribution in [-0.2, 0) is 6.61 Å². The van der Waals surface area contributed by atoms with Crippen LogP contribution in [-0.4, -0.2) is 28.2 Å². The molecule has 0 atom stereocenters. The lowest BCUT2D eigenvalue weighted by Crippen LogP contribution is -2.35. The number of piperidine rings is 1. The third-order valence-electron chi connectivity index (χ3n) is 3.64. The molecule has 1 aromatic rings. The molecule has 0 aromatic carbocycles. The summed E-state index contributed by atoms with van der Waals surface area (Å²) in [6, 6.07) is 0. The van der Waals surface area contributed by atoms with Gasteiger partial charge in [-0.25, -0.2) is 4.98 Å². The van der Waals surface area contributed by atoms with Crippen LogP contribution in [0, 0.1) is 11.8 Å². The van der Waals surface area contributed by atoms with Gasteiger partial charge in [0.05, 0.1) is 24.7 Å². The lowest BCUT2D eigenvalue weighted by atomic mass is 9.87.